The van der Waals surface area contributed by atoms with Gasteiger partial charge in [0.15, 0.2) is 0 Å². The quantitative estimate of drug-likeness (QED) is 0.281. The van der Waals surface area contributed by atoms with E-state index in [1.54, 1.807) is 0 Å². The van der Waals surface area contributed by atoms with Crippen LogP contribution in [0.4, 0.5) is 0 Å². The predicted molar refractivity (Wildman–Crippen MR) is 152 cm³/mol. The van der Waals surface area contributed by atoms with Crippen molar-refractivity contribution in [1.82, 2.24) is 0 Å². The highest BCUT2D eigenvalue weighted by Gasteiger charge is 2.30. The van der Waals surface area contributed by atoms with Crippen molar-refractivity contribution in [2.24, 2.45) is 0 Å². The lowest BCUT2D eigenvalue weighted by Gasteiger charge is -2.36. The first-order chi connectivity index (χ1) is 14.6. The van der Waals surface area contributed by atoms with Gasteiger partial charge in [-0.25, -0.2) is 0 Å². The summed E-state index contributed by atoms with van der Waals surface area (Å²) in [5.41, 5.74) is 4.61. The second kappa shape index (κ2) is 8.83. The normalized spacial score (nSPS) is 13.8. The molecule has 0 aliphatic heterocycles. The minimum atomic E-state index is -1.39. The van der Waals surface area contributed by atoms with Crippen LogP contribution in [0.25, 0.3) is 0 Å². The third-order valence-corrected chi connectivity index (χ3v) is 13.5. The Bertz CT molecular complexity index is 899. The maximum absolute atomic E-state index is 2.75. The van der Waals surface area contributed by atoms with Gasteiger partial charge in [0.2, 0.25) is 0 Å². The molecule has 0 amide bonds. The fraction of sp³-hybridized carbons (Fsp3) is 0.400. The number of halogens is 1. The molecule has 0 aliphatic rings. The van der Waals surface area contributed by atoms with Gasteiger partial charge in [0.25, 0.3) is 0 Å². The molecule has 0 spiro atoms. The number of hydrogen-bond acceptors (Lipinski definition) is 0. The molecule has 0 radical (unpaired) electrons. The summed E-state index contributed by atoms with van der Waals surface area (Å²) in [7, 11) is -1.39. The lowest BCUT2D eigenvalue weighted by atomic mass is 9.87. The molecule has 0 unspecified atom stereocenters. The molecule has 0 saturated carbocycles. The average molecular weight is 559 g/mol. The summed E-state index contributed by atoms with van der Waals surface area (Å²) < 4.78 is 0. The van der Waals surface area contributed by atoms with Gasteiger partial charge in [0.05, 0.1) is 0 Å². The van der Waals surface area contributed by atoms with Gasteiger partial charge >= 0.3 is 0 Å². The van der Waals surface area contributed by atoms with Crippen LogP contribution in [-0.2, 0) is 16.2 Å². The molecule has 0 atom stereocenters. The van der Waals surface area contributed by atoms with Crippen LogP contribution in [0.1, 0.15) is 79.0 Å². The van der Waals surface area contributed by atoms with E-state index in [0.717, 1.165) is 0 Å². The summed E-state index contributed by atoms with van der Waals surface area (Å²) in [6.45, 7) is 20.5. The van der Waals surface area contributed by atoms with E-state index in [1.807, 2.05) is 0 Å². The average Bonchev–Trinajstić information content (AvgIpc) is 2.71. The monoisotopic (exact) mass is 558 g/mol. The molecule has 0 aromatic heterocycles. The van der Waals surface area contributed by atoms with Gasteiger partial charge in [0.1, 0.15) is 0 Å². The lowest BCUT2D eigenvalue weighted by molar-refractivity contribution is 0.589. The first-order valence-corrected chi connectivity index (χ1v) is 15.7. The summed E-state index contributed by atoms with van der Waals surface area (Å²) in [4.78, 5) is 4.20. The Labute approximate surface area is 210 Å². The summed E-state index contributed by atoms with van der Waals surface area (Å²) in [5, 5.41) is 0. The molecule has 0 heterocycles. The highest BCUT2D eigenvalue weighted by Crippen LogP contribution is 2.74. The largest absolute Gasteiger partial charge is 0.105 e. The Morgan fingerprint density at radius 1 is 0.406 bits per heavy atom. The zero-order chi connectivity index (χ0) is 23.9. The van der Waals surface area contributed by atoms with Crippen LogP contribution < -0.4 is 0 Å². The van der Waals surface area contributed by atoms with E-state index in [-0.39, 0.29) is 16.2 Å². The molecular formula is C30H39IS. The molecule has 0 fully saturated rings. The van der Waals surface area contributed by atoms with Crippen LogP contribution in [0.3, 0.4) is 0 Å². The minimum absolute atomic E-state index is 0.157. The molecule has 0 aliphatic carbocycles. The van der Waals surface area contributed by atoms with Crippen molar-refractivity contribution in [2.45, 2.75) is 93.2 Å². The number of benzene rings is 3. The smallest absolute Gasteiger partial charge is 0.00704 e. The van der Waals surface area contributed by atoms with Crippen LogP contribution in [0.2, 0.25) is 0 Å². The van der Waals surface area contributed by atoms with Gasteiger partial charge in [-0.3, -0.25) is 0 Å². The van der Waals surface area contributed by atoms with Gasteiger partial charge in [-0.05, 0) is 90.5 Å². The van der Waals surface area contributed by atoms with Crippen molar-refractivity contribution >= 4 is 28.4 Å². The molecule has 3 aromatic rings. The first-order valence-electron chi connectivity index (χ1n) is 11.5. The lowest BCUT2D eigenvalue weighted by Crippen LogP contribution is -2.12. The second-order valence-corrected chi connectivity index (χ2v) is 18.3. The Morgan fingerprint density at radius 3 is 0.750 bits per heavy atom. The summed E-state index contributed by atoms with van der Waals surface area (Å²) in [6, 6.07) is 28.1. The minimum Gasteiger partial charge on any atom is -0.105 e. The van der Waals surface area contributed by atoms with E-state index in [2.05, 4.69) is 156 Å². The van der Waals surface area contributed by atoms with Crippen molar-refractivity contribution < 1.29 is 0 Å². The Kier molecular flexibility index (Phi) is 7.00. The standard InChI is InChI=1S/C30H39IS/c1-28(2,3)22-10-16-25(17-11-22)32(31,26-18-12-23(13-19-26)29(4,5)6)27-20-14-24(15-21-27)30(7,8)9/h10-21H,1-9H3. The molecule has 2 heteroatoms. The van der Waals surface area contributed by atoms with Crippen molar-refractivity contribution in [3.63, 3.8) is 0 Å². The second-order valence-electron chi connectivity index (χ2n) is 11.9. The first kappa shape index (κ1) is 25.4. The predicted octanol–water partition coefficient (Wildman–Crippen LogP) is 10.2. The van der Waals surface area contributed by atoms with Gasteiger partial charge in [-0.15, -0.1) is 7.20 Å². The Balaban J connectivity index is 2.17. The maximum Gasteiger partial charge on any atom is 0.00704 e. The molecule has 0 N–H and O–H groups in total. The Morgan fingerprint density at radius 2 is 0.594 bits per heavy atom. The van der Waals surface area contributed by atoms with E-state index < -0.39 is 7.20 Å². The zero-order valence-electron chi connectivity index (χ0n) is 21.2. The topological polar surface area (TPSA) is 0 Å². The molecule has 0 nitrogen and oxygen atoms in total. The molecule has 3 aromatic carbocycles. The van der Waals surface area contributed by atoms with E-state index in [9.17, 15) is 0 Å². The zero-order valence-corrected chi connectivity index (χ0v) is 24.2. The summed E-state index contributed by atoms with van der Waals surface area (Å²) >= 11 is 2.75. The SMILES string of the molecule is CC(C)(C)c1ccc(S(I)(c2ccc(C(C)(C)C)cc2)c2ccc(C(C)(C)C)cc2)cc1. The van der Waals surface area contributed by atoms with Crippen LogP contribution in [0.5, 0.6) is 0 Å². The number of hydrogen-bond donors (Lipinski definition) is 0. The van der Waals surface area contributed by atoms with Crippen molar-refractivity contribution in [3.8, 4) is 0 Å². The van der Waals surface area contributed by atoms with Gasteiger partial charge in [-0.1, -0.05) is 98.7 Å². The van der Waals surface area contributed by atoms with E-state index >= 15 is 0 Å². The molecular weight excluding hydrogens is 519 g/mol. The highest BCUT2D eigenvalue weighted by atomic mass is 127. The van der Waals surface area contributed by atoms with Gasteiger partial charge in [-0.2, -0.15) is 0 Å². The fourth-order valence-corrected chi connectivity index (χ4v) is 8.83. The van der Waals surface area contributed by atoms with Crippen LogP contribution in [-0.4, -0.2) is 0 Å². The summed E-state index contributed by atoms with van der Waals surface area (Å²) in [5.74, 6) is 0. The third kappa shape index (κ3) is 5.28. The van der Waals surface area contributed by atoms with E-state index in [0.29, 0.717) is 0 Å². The van der Waals surface area contributed by atoms with Crippen molar-refractivity contribution in [2.75, 3.05) is 0 Å². The Hall–Kier alpha value is -1.26. The van der Waals surface area contributed by atoms with Crippen molar-refractivity contribution in [1.29, 1.82) is 0 Å². The van der Waals surface area contributed by atoms with E-state index in [1.165, 1.54) is 31.4 Å². The molecule has 32 heavy (non-hydrogen) atoms. The van der Waals surface area contributed by atoms with Crippen LogP contribution >= 0.6 is 28.4 Å². The van der Waals surface area contributed by atoms with Crippen molar-refractivity contribution in [3.05, 3.63) is 89.5 Å². The third-order valence-electron chi connectivity index (χ3n) is 6.14. The highest BCUT2D eigenvalue weighted by molar-refractivity contribution is 14.2. The maximum atomic E-state index is 2.75. The van der Waals surface area contributed by atoms with Crippen LogP contribution in [0, 0.1) is 0 Å². The van der Waals surface area contributed by atoms with Gasteiger partial charge in [0, 0.05) is 14.7 Å². The van der Waals surface area contributed by atoms with Crippen LogP contribution in [0.15, 0.2) is 87.5 Å². The fourth-order valence-electron chi connectivity index (χ4n) is 3.84. The molecule has 0 saturated heterocycles. The van der Waals surface area contributed by atoms with E-state index in [4.69, 9.17) is 0 Å². The summed E-state index contributed by atoms with van der Waals surface area (Å²) in [6.07, 6.45) is 0. The van der Waals surface area contributed by atoms with Gasteiger partial charge < -0.3 is 0 Å². The molecule has 0 bridgehead atoms. The molecule has 3 rings (SSSR count). The number of rotatable bonds is 3. The molecule has 172 valence electrons.